The molecule has 0 atom stereocenters. The summed E-state index contributed by atoms with van der Waals surface area (Å²) in [5.41, 5.74) is 1.25. The topological polar surface area (TPSA) is 34.9 Å². The molecule has 1 aromatic carbocycles. The first-order valence-corrected chi connectivity index (χ1v) is 6.73. The van der Waals surface area contributed by atoms with Crippen molar-refractivity contribution in [3.8, 4) is 0 Å². The first kappa shape index (κ1) is 12.5. The highest BCUT2D eigenvalue weighted by molar-refractivity contribution is 9.10. The maximum atomic E-state index is 12.3. The minimum atomic E-state index is -0.0243. The van der Waals surface area contributed by atoms with Crippen molar-refractivity contribution in [1.82, 2.24) is 9.78 Å². The van der Waals surface area contributed by atoms with Gasteiger partial charge in [0.15, 0.2) is 0 Å². The number of nitrogens with zero attached hydrogens (tertiary/aromatic N) is 2. The molecule has 0 amide bonds. The van der Waals surface area contributed by atoms with E-state index in [0.717, 1.165) is 8.95 Å². The Balaban J connectivity index is 2.43. The molecule has 0 fully saturated rings. The number of benzene rings is 1. The lowest BCUT2D eigenvalue weighted by Crippen LogP contribution is -2.11. The average molecular weight is 358 g/mol. The predicted octanol–water partition coefficient (Wildman–Crippen LogP) is 3.66. The van der Waals surface area contributed by atoms with Gasteiger partial charge in [-0.05, 0) is 47.1 Å². The quantitative estimate of drug-likeness (QED) is 0.785. The van der Waals surface area contributed by atoms with Gasteiger partial charge < -0.3 is 0 Å². The van der Waals surface area contributed by atoms with Crippen molar-refractivity contribution >= 4 is 37.6 Å². The van der Waals surface area contributed by atoms with Crippen LogP contribution in [0.5, 0.6) is 0 Å². The van der Waals surface area contributed by atoms with Gasteiger partial charge in [0, 0.05) is 16.6 Å². The molecule has 1 aromatic heterocycles. The van der Waals surface area contributed by atoms with E-state index in [1.165, 1.54) is 0 Å². The number of hydrogen-bond donors (Lipinski definition) is 0. The molecule has 0 radical (unpaired) electrons. The Hall–Kier alpha value is -0.940. The molecule has 0 aliphatic carbocycles. The zero-order valence-electron chi connectivity index (χ0n) is 9.15. The molecule has 0 spiro atoms. The van der Waals surface area contributed by atoms with E-state index in [2.05, 4.69) is 37.0 Å². The third kappa shape index (κ3) is 2.50. The third-order valence-electron chi connectivity index (χ3n) is 2.42. The van der Waals surface area contributed by atoms with Crippen LogP contribution in [0.3, 0.4) is 0 Å². The van der Waals surface area contributed by atoms with E-state index in [-0.39, 0.29) is 5.78 Å². The fraction of sp³-hybridized carbons (Fsp3) is 0.167. The van der Waals surface area contributed by atoms with E-state index in [9.17, 15) is 4.79 Å². The zero-order valence-corrected chi connectivity index (χ0v) is 12.3. The van der Waals surface area contributed by atoms with Crippen LogP contribution >= 0.6 is 31.9 Å². The fourth-order valence-electron chi connectivity index (χ4n) is 1.57. The molecular formula is C12H10Br2N2O. The third-order valence-corrected chi connectivity index (χ3v) is 3.52. The van der Waals surface area contributed by atoms with Gasteiger partial charge in [0.05, 0.1) is 10.7 Å². The Morgan fingerprint density at radius 3 is 2.53 bits per heavy atom. The van der Waals surface area contributed by atoms with Crippen LogP contribution in [0.15, 0.2) is 39.4 Å². The van der Waals surface area contributed by atoms with Crippen LogP contribution in [0.2, 0.25) is 0 Å². The second kappa shape index (κ2) is 5.14. The number of aryl methyl sites for hydroxylation is 1. The molecule has 0 aliphatic rings. The Kier molecular flexibility index (Phi) is 3.79. The van der Waals surface area contributed by atoms with Crippen LogP contribution in [-0.4, -0.2) is 15.6 Å². The van der Waals surface area contributed by atoms with Gasteiger partial charge in [0.1, 0.15) is 5.69 Å². The standard InChI is InChI=1S/C12H10Br2N2O/c1-2-16-11(10(14)7-15-16)12(17)8-3-5-9(13)6-4-8/h3-7H,2H2,1H3. The van der Waals surface area contributed by atoms with Gasteiger partial charge in [0.25, 0.3) is 0 Å². The largest absolute Gasteiger partial charge is 0.287 e. The maximum absolute atomic E-state index is 12.3. The molecule has 2 aromatic rings. The molecule has 0 N–H and O–H groups in total. The van der Waals surface area contributed by atoms with Crippen molar-refractivity contribution in [2.75, 3.05) is 0 Å². The summed E-state index contributed by atoms with van der Waals surface area (Å²) >= 11 is 6.70. The summed E-state index contributed by atoms with van der Waals surface area (Å²) in [7, 11) is 0. The number of hydrogen-bond acceptors (Lipinski definition) is 2. The van der Waals surface area contributed by atoms with E-state index in [0.29, 0.717) is 17.8 Å². The molecule has 2 rings (SSSR count). The molecule has 1 heterocycles. The van der Waals surface area contributed by atoms with E-state index >= 15 is 0 Å². The fourth-order valence-corrected chi connectivity index (χ4v) is 2.31. The maximum Gasteiger partial charge on any atom is 0.212 e. The van der Waals surface area contributed by atoms with Crippen molar-refractivity contribution in [3.63, 3.8) is 0 Å². The van der Waals surface area contributed by atoms with Gasteiger partial charge in [-0.3, -0.25) is 9.48 Å². The summed E-state index contributed by atoms with van der Waals surface area (Å²) in [5, 5.41) is 4.14. The van der Waals surface area contributed by atoms with E-state index in [1.807, 2.05) is 19.1 Å². The van der Waals surface area contributed by atoms with Crippen LogP contribution in [0.4, 0.5) is 0 Å². The molecule has 0 bridgehead atoms. The Morgan fingerprint density at radius 1 is 1.29 bits per heavy atom. The number of aromatic nitrogens is 2. The van der Waals surface area contributed by atoms with E-state index < -0.39 is 0 Å². The predicted molar refractivity (Wildman–Crippen MR) is 73.2 cm³/mol. The van der Waals surface area contributed by atoms with E-state index in [1.54, 1.807) is 23.0 Å². The highest BCUT2D eigenvalue weighted by Crippen LogP contribution is 2.21. The Bertz CT molecular complexity index is 546. The first-order valence-electron chi connectivity index (χ1n) is 5.15. The zero-order chi connectivity index (χ0) is 12.4. The summed E-state index contributed by atoms with van der Waals surface area (Å²) in [6.07, 6.45) is 1.65. The normalized spacial score (nSPS) is 10.5. The SMILES string of the molecule is CCn1ncc(Br)c1C(=O)c1ccc(Br)cc1. The molecule has 3 nitrogen and oxygen atoms in total. The van der Waals surface area contributed by atoms with Gasteiger partial charge >= 0.3 is 0 Å². The lowest BCUT2D eigenvalue weighted by molar-refractivity contribution is 0.102. The summed E-state index contributed by atoms with van der Waals surface area (Å²) in [6, 6.07) is 7.30. The minimum Gasteiger partial charge on any atom is -0.287 e. The highest BCUT2D eigenvalue weighted by atomic mass is 79.9. The van der Waals surface area contributed by atoms with Crippen molar-refractivity contribution in [2.45, 2.75) is 13.5 Å². The molecule has 0 saturated carbocycles. The van der Waals surface area contributed by atoms with Crippen molar-refractivity contribution < 1.29 is 4.79 Å². The van der Waals surface area contributed by atoms with Crippen LogP contribution < -0.4 is 0 Å². The summed E-state index contributed by atoms with van der Waals surface area (Å²) < 4.78 is 3.37. The molecular weight excluding hydrogens is 348 g/mol. The van der Waals surface area contributed by atoms with Gasteiger partial charge in [-0.1, -0.05) is 15.9 Å². The molecule has 0 unspecified atom stereocenters. The van der Waals surface area contributed by atoms with Crippen LogP contribution in [0, 0.1) is 0 Å². The highest BCUT2D eigenvalue weighted by Gasteiger charge is 2.17. The van der Waals surface area contributed by atoms with Gasteiger partial charge in [-0.15, -0.1) is 0 Å². The Labute approximate surface area is 116 Å². The van der Waals surface area contributed by atoms with Crippen LogP contribution in [0.1, 0.15) is 23.0 Å². The lowest BCUT2D eigenvalue weighted by Gasteiger charge is -2.05. The number of rotatable bonds is 3. The van der Waals surface area contributed by atoms with Crippen molar-refractivity contribution in [1.29, 1.82) is 0 Å². The van der Waals surface area contributed by atoms with Gasteiger partial charge in [-0.2, -0.15) is 5.10 Å². The second-order valence-corrected chi connectivity index (χ2v) is 5.26. The van der Waals surface area contributed by atoms with Crippen LogP contribution in [-0.2, 0) is 6.54 Å². The molecule has 0 aliphatic heterocycles. The number of halogens is 2. The lowest BCUT2D eigenvalue weighted by atomic mass is 10.1. The molecule has 5 heteroatoms. The monoisotopic (exact) mass is 356 g/mol. The number of carbonyl (C=O) groups is 1. The smallest absolute Gasteiger partial charge is 0.212 e. The first-order chi connectivity index (χ1) is 8.13. The number of ketones is 1. The number of carbonyl (C=O) groups excluding carboxylic acids is 1. The summed E-state index contributed by atoms with van der Waals surface area (Å²) in [5.74, 6) is -0.0243. The van der Waals surface area contributed by atoms with Crippen LogP contribution in [0.25, 0.3) is 0 Å². The second-order valence-electron chi connectivity index (χ2n) is 3.49. The van der Waals surface area contributed by atoms with Crippen molar-refractivity contribution in [2.24, 2.45) is 0 Å². The van der Waals surface area contributed by atoms with E-state index in [4.69, 9.17) is 0 Å². The van der Waals surface area contributed by atoms with Crippen molar-refractivity contribution in [3.05, 3.63) is 50.7 Å². The Morgan fingerprint density at radius 2 is 1.94 bits per heavy atom. The van der Waals surface area contributed by atoms with Gasteiger partial charge in [-0.25, -0.2) is 0 Å². The van der Waals surface area contributed by atoms with Gasteiger partial charge in [0.2, 0.25) is 5.78 Å². The summed E-state index contributed by atoms with van der Waals surface area (Å²) in [6.45, 7) is 2.63. The minimum absolute atomic E-state index is 0.0243. The molecule has 88 valence electrons. The summed E-state index contributed by atoms with van der Waals surface area (Å²) in [4.78, 5) is 12.3. The molecule has 0 saturated heterocycles. The molecule has 17 heavy (non-hydrogen) atoms. The average Bonchev–Trinajstić information content (AvgIpc) is 2.70.